The normalized spacial score (nSPS) is 12.8. The van der Waals surface area contributed by atoms with Crippen LogP contribution in [0.25, 0.3) is 22.5 Å². The Balaban J connectivity index is 1.85. The SMILES string of the molecule is CCn1nnc2c1-c1ccccc1N(C(=O)CCNC(C)C)Cc1ccccc1-2. The predicted molar refractivity (Wildman–Crippen MR) is 116 cm³/mol. The first-order valence-electron chi connectivity index (χ1n) is 10.2. The van der Waals surface area contributed by atoms with Gasteiger partial charge in [0.2, 0.25) is 5.91 Å². The molecule has 0 saturated heterocycles. The van der Waals surface area contributed by atoms with Crippen molar-refractivity contribution >= 4 is 11.6 Å². The highest BCUT2D eigenvalue weighted by atomic mass is 16.2. The highest BCUT2D eigenvalue weighted by Crippen LogP contribution is 2.41. The van der Waals surface area contributed by atoms with Crippen LogP contribution in [0.1, 0.15) is 32.8 Å². The molecule has 2 heterocycles. The molecule has 0 bridgehead atoms. The Morgan fingerprint density at radius 2 is 1.83 bits per heavy atom. The van der Waals surface area contributed by atoms with Crippen LogP contribution < -0.4 is 10.2 Å². The van der Waals surface area contributed by atoms with Gasteiger partial charge >= 0.3 is 0 Å². The molecule has 6 heteroatoms. The third kappa shape index (κ3) is 3.68. The summed E-state index contributed by atoms with van der Waals surface area (Å²) in [6, 6.07) is 16.6. The molecule has 1 aromatic heterocycles. The predicted octanol–water partition coefficient (Wildman–Crippen LogP) is 3.87. The van der Waals surface area contributed by atoms with Crippen LogP contribution in [0.5, 0.6) is 0 Å². The number of para-hydroxylation sites is 1. The van der Waals surface area contributed by atoms with Crippen molar-refractivity contribution in [3.8, 4) is 22.5 Å². The fraction of sp³-hybridized carbons (Fsp3) is 0.348. The molecule has 0 fully saturated rings. The van der Waals surface area contributed by atoms with Gasteiger partial charge in [0.1, 0.15) is 5.69 Å². The van der Waals surface area contributed by atoms with Crippen molar-refractivity contribution in [1.82, 2.24) is 20.3 Å². The third-order valence-corrected chi connectivity index (χ3v) is 5.28. The number of benzene rings is 2. The van der Waals surface area contributed by atoms with Crippen molar-refractivity contribution < 1.29 is 4.79 Å². The Kier molecular flexibility index (Phi) is 5.45. The van der Waals surface area contributed by atoms with E-state index in [0.29, 0.717) is 32.1 Å². The van der Waals surface area contributed by atoms with Crippen molar-refractivity contribution in [3.05, 3.63) is 54.1 Å². The van der Waals surface area contributed by atoms with E-state index in [4.69, 9.17) is 0 Å². The number of amides is 1. The lowest BCUT2D eigenvalue weighted by Crippen LogP contribution is -2.35. The van der Waals surface area contributed by atoms with E-state index in [2.05, 4.69) is 54.6 Å². The highest BCUT2D eigenvalue weighted by molar-refractivity contribution is 6.00. The summed E-state index contributed by atoms with van der Waals surface area (Å²) in [5.74, 6) is 0.111. The topological polar surface area (TPSA) is 63.1 Å². The maximum atomic E-state index is 13.3. The van der Waals surface area contributed by atoms with Gasteiger partial charge in [-0.1, -0.05) is 61.5 Å². The van der Waals surface area contributed by atoms with Gasteiger partial charge in [0.15, 0.2) is 0 Å². The number of rotatable bonds is 5. The first-order valence-corrected chi connectivity index (χ1v) is 10.2. The lowest BCUT2D eigenvalue weighted by Gasteiger charge is -2.29. The zero-order valence-electron chi connectivity index (χ0n) is 17.2. The molecule has 0 saturated carbocycles. The summed E-state index contributed by atoms with van der Waals surface area (Å²) in [6.45, 7) is 8.13. The van der Waals surface area contributed by atoms with Crippen molar-refractivity contribution in [3.63, 3.8) is 0 Å². The van der Waals surface area contributed by atoms with E-state index in [9.17, 15) is 4.79 Å². The summed E-state index contributed by atoms with van der Waals surface area (Å²) < 4.78 is 1.92. The van der Waals surface area contributed by atoms with Crippen molar-refractivity contribution in [2.45, 2.75) is 46.3 Å². The number of aryl methyl sites for hydroxylation is 1. The van der Waals surface area contributed by atoms with Gasteiger partial charge in [-0.25, -0.2) is 4.68 Å². The minimum atomic E-state index is 0.111. The van der Waals surface area contributed by atoms with Gasteiger partial charge < -0.3 is 10.2 Å². The smallest absolute Gasteiger partial charge is 0.228 e. The van der Waals surface area contributed by atoms with Crippen LogP contribution in [0.2, 0.25) is 0 Å². The molecular weight excluding hydrogens is 362 g/mol. The lowest BCUT2D eigenvalue weighted by atomic mass is 9.95. The molecule has 29 heavy (non-hydrogen) atoms. The summed E-state index contributed by atoms with van der Waals surface area (Å²) >= 11 is 0. The standard InChI is InChI=1S/C23H27N5O/c1-4-28-23-19-11-7-8-12-20(19)27(21(29)13-14-24-16(2)3)15-17-9-5-6-10-18(17)22(23)25-26-28/h5-12,16,24H,4,13-15H2,1-3H3. The molecule has 0 spiro atoms. The van der Waals surface area contributed by atoms with Crippen LogP contribution in [-0.4, -0.2) is 33.5 Å². The Hall–Kier alpha value is -2.99. The number of hydrogen-bond acceptors (Lipinski definition) is 4. The Labute approximate surface area is 171 Å². The average molecular weight is 390 g/mol. The van der Waals surface area contributed by atoms with E-state index in [1.54, 1.807) is 0 Å². The van der Waals surface area contributed by atoms with Gasteiger partial charge in [-0.2, -0.15) is 0 Å². The maximum absolute atomic E-state index is 13.3. The Morgan fingerprint density at radius 1 is 1.10 bits per heavy atom. The molecule has 3 aromatic rings. The van der Waals surface area contributed by atoms with Gasteiger partial charge in [-0.15, -0.1) is 5.10 Å². The van der Waals surface area contributed by atoms with Gasteiger partial charge in [0, 0.05) is 36.7 Å². The Bertz CT molecular complexity index is 1020. The second-order valence-electron chi connectivity index (χ2n) is 7.62. The second-order valence-corrected chi connectivity index (χ2v) is 7.62. The molecule has 0 radical (unpaired) electrons. The third-order valence-electron chi connectivity index (χ3n) is 5.28. The number of fused-ring (bicyclic) bond motifs is 5. The average Bonchev–Trinajstić information content (AvgIpc) is 3.14. The molecule has 6 nitrogen and oxygen atoms in total. The summed E-state index contributed by atoms with van der Waals surface area (Å²) in [5, 5.41) is 12.2. The number of carbonyl (C=O) groups excluding carboxylic acids is 1. The summed E-state index contributed by atoms with van der Waals surface area (Å²) in [5.41, 5.74) is 5.87. The number of carbonyl (C=O) groups is 1. The quantitative estimate of drug-likeness (QED) is 0.720. The van der Waals surface area contributed by atoms with Crippen LogP contribution in [-0.2, 0) is 17.9 Å². The van der Waals surface area contributed by atoms with Crippen LogP contribution >= 0.6 is 0 Å². The summed E-state index contributed by atoms with van der Waals surface area (Å²) in [6.07, 6.45) is 0.451. The van der Waals surface area contributed by atoms with Crippen LogP contribution in [0.3, 0.4) is 0 Å². The molecule has 4 rings (SSSR count). The zero-order valence-corrected chi connectivity index (χ0v) is 17.2. The first-order chi connectivity index (χ1) is 14.1. The van der Waals surface area contributed by atoms with Gasteiger partial charge in [-0.3, -0.25) is 4.79 Å². The molecule has 2 aromatic carbocycles. The fourth-order valence-electron chi connectivity index (χ4n) is 3.86. The number of anilines is 1. The van der Waals surface area contributed by atoms with Crippen LogP contribution in [0.4, 0.5) is 5.69 Å². The monoisotopic (exact) mass is 389 g/mol. The fourth-order valence-corrected chi connectivity index (χ4v) is 3.86. The molecular formula is C23H27N5O. The minimum Gasteiger partial charge on any atom is -0.314 e. The number of aromatic nitrogens is 3. The Morgan fingerprint density at radius 3 is 2.59 bits per heavy atom. The van der Waals surface area contributed by atoms with Crippen molar-refractivity contribution in [1.29, 1.82) is 0 Å². The largest absolute Gasteiger partial charge is 0.314 e. The number of hydrogen-bond donors (Lipinski definition) is 1. The van der Waals surface area contributed by atoms with E-state index < -0.39 is 0 Å². The second kappa shape index (κ2) is 8.17. The van der Waals surface area contributed by atoms with Gasteiger partial charge in [-0.05, 0) is 18.6 Å². The van der Waals surface area contributed by atoms with Gasteiger partial charge in [0.05, 0.1) is 17.9 Å². The summed E-state index contributed by atoms with van der Waals surface area (Å²) in [4.78, 5) is 15.2. The molecule has 150 valence electrons. The summed E-state index contributed by atoms with van der Waals surface area (Å²) in [7, 11) is 0. The molecule has 0 unspecified atom stereocenters. The first kappa shape index (κ1) is 19.3. The van der Waals surface area contributed by atoms with Gasteiger partial charge in [0.25, 0.3) is 0 Å². The maximum Gasteiger partial charge on any atom is 0.228 e. The van der Waals surface area contributed by atoms with Crippen molar-refractivity contribution in [2.24, 2.45) is 0 Å². The number of nitrogens with zero attached hydrogens (tertiary/aromatic N) is 4. The van der Waals surface area contributed by atoms with Crippen LogP contribution in [0, 0.1) is 0 Å². The molecule has 1 N–H and O–H groups in total. The molecule has 1 aliphatic heterocycles. The van der Waals surface area contributed by atoms with E-state index >= 15 is 0 Å². The molecule has 1 amide bonds. The van der Waals surface area contributed by atoms with E-state index in [1.807, 2.05) is 39.9 Å². The minimum absolute atomic E-state index is 0.111. The lowest BCUT2D eigenvalue weighted by molar-refractivity contribution is -0.118. The number of nitrogens with one attached hydrogen (secondary N) is 1. The van der Waals surface area contributed by atoms with E-state index in [-0.39, 0.29) is 5.91 Å². The zero-order chi connectivity index (χ0) is 20.4. The molecule has 0 atom stereocenters. The molecule has 0 aliphatic carbocycles. The van der Waals surface area contributed by atoms with E-state index in [1.165, 1.54) is 0 Å². The van der Waals surface area contributed by atoms with Crippen molar-refractivity contribution in [2.75, 3.05) is 11.4 Å². The van der Waals surface area contributed by atoms with Crippen LogP contribution in [0.15, 0.2) is 48.5 Å². The molecule has 1 aliphatic rings. The highest BCUT2D eigenvalue weighted by Gasteiger charge is 2.28. The van der Waals surface area contributed by atoms with E-state index in [0.717, 1.165) is 33.8 Å².